The molecule has 0 amide bonds. The number of rotatable bonds is 6. The van der Waals surface area contributed by atoms with Crippen molar-refractivity contribution < 1.29 is 4.79 Å². The Morgan fingerprint density at radius 2 is 1.76 bits per heavy atom. The average molecular weight is 285 g/mol. The van der Waals surface area contributed by atoms with Crippen LogP contribution >= 0.6 is 0 Å². The Balaban J connectivity index is 2.48. The van der Waals surface area contributed by atoms with Crippen molar-refractivity contribution in [2.45, 2.75) is 52.4 Å². The van der Waals surface area contributed by atoms with Crippen molar-refractivity contribution in [1.82, 2.24) is 15.0 Å². The van der Waals surface area contributed by atoms with Gasteiger partial charge in [0.25, 0.3) is 0 Å². The van der Waals surface area contributed by atoms with Crippen LogP contribution in [0.2, 0.25) is 0 Å². The molecule has 2 rings (SSSR count). The molecule has 112 valence electrons. The summed E-state index contributed by atoms with van der Waals surface area (Å²) in [7, 11) is 0. The van der Waals surface area contributed by atoms with Gasteiger partial charge in [-0.3, -0.25) is 4.79 Å². The van der Waals surface area contributed by atoms with E-state index in [1.54, 1.807) is 0 Å². The maximum atomic E-state index is 11.2. The van der Waals surface area contributed by atoms with Crippen molar-refractivity contribution in [3.8, 4) is 5.69 Å². The highest BCUT2D eigenvalue weighted by Gasteiger charge is 2.20. The van der Waals surface area contributed by atoms with Crippen molar-refractivity contribution in [3.05, 3.63) is 41.2 Å². The Bertz CT molecular complexity index is 595. The normalized spacial score (nSPS) is 11.3. The van der Waals surface area contributed by atoms with Gasteiger partial charge in [0.2, 0.25) is 0 Å². The van der Waals surface area contributed by atoms with E-state index in [2.05, 4.69) is 50.1 Å². The molecule has 0 spiro atoms. The first kappa shape index (κ1) is 15.4. The summed E-state index contributed by atoms with van der Waals surface area (Å²) in [6, 6.07) is 8.31. The third kappa shape index (κ3) is 3.04. The lowest BCUT2D eigenvalue weighted by atomic mass is 9.97. The Labute approximate surface area is 126 Å². The topological polar surface area (TPSA) is 47.8 Å². The van der Waals surface area contributed by atoms with E-state index in [0.717, 1.165) is 30.5 Å². The van der Waals surface area contributed by atoms with E-state index >= 15 is 0 Å². The number of hydrogen-bond acceptors (Lipinski definition) is 3. The lowest BCUT2D eigenvalue weighted by molar-refractivity contribution is 0.111. The molecule has 0 aliphatic rings. The SMILES string of the molecule is CCC(CC)c1c(C=O)nnn1-c1ccc(C(C)C)cc1. The number of benzene rings is 1. The third-order valence-corrected chi connectivity index (χ3v) is 4.02. The molecule has 0 aliphatic heterocycles. The fourth-order valence-electron chi connectivity index (χ4n) is 2.63. The molecule has 21 heavy (non-hydrogen) atoms. The molecule has 0 saturated heterocycles. The maximum Gasteiger partial charge on any atom is 0.172 e. The summed E-state index contributed by atoms with van der Waals surface area (Å²) in [6.45, 7) is 8.60. The standard InChI is InChI=1S/C17H23N3O/c1-5-13(6-2)17-16(11-21)18-19-20(17)15-9-7-14(8-10-15)12(3)4/h7-13H,5-6H2,1-4H3. The van der Waals surface area contributed by atoms with Crippen LogP contribution in [-0.2, 0) is 0 Å². The summed E-state index contributed by atoms with van der Waals surface area (Å²) in [5.41, 5.74) is 3.63. The number of nitrogens with zero attached hydrogens (tertiary/aromatic N) is 3. The van der Waals surface area contributed by atoms with Crippen LogP contribution in [-0.4, -0.2) is 21.3 Å². The molecule has 0 aliphatic carbocycles. The maximum absolute atomic E-state index is 11.2. The first-order valence-electron chi connectivity index (χ1n) is 7.63. The Hall–Kier alpha value is -1.97. The fourth-order valence-corrected chi connectivity index (χ4v) is 2.63. The van der Waals surface area contributed by atoms with Gasteiger partial charge >= 0.3 is 0 Å². The molecule has 4 nitrogen and oxygen atoms in total. The van der Waals surface area contributed by atoms with Crippen molar-refractivity contribution in [2.75, 3.05) is 0 Å². The van der Waals surface area contributed by atoms with E-state index in [1.807, 2.05) is 16.8 Å². The largest absolute Gasteiger partial charge is 0.296 e. The van der Waals surface area contributed by atoms with Crippen LogP contribution < -0.4 is 0 Å². The predicted octanol–water partition coefficient (Wildman–Crippen LogP) is 4.11. The molecule has 0 unspecified atom stereocenters. The number of hydrogen-bond donors (Lipinski definition) is 0. The second-order valence-corrected chi connectivity index (χ2v) is 5.65. The number of carbonyl (C=O) groups excluding carboxylic acids is 1. The highest BCUT2D eigenvalue weighted by molar-refractivity contribution is 5.74. The predicted molar refractivity (Wildman–Crippen MR) is 84.2 cm³/mol. The van der Waals surface area contributed by atoms with Crippen molar-refractivity contribution in [1.29, 1.82) is 0 Å². The van der Waals surface area contributed by atoms with Crippen LogP contribution in [0.3, 0.4) is 0 Å². The quantitative estimate of drug-likeness (QED) is 0.750. The molecule has 0 N–H and O–H groups in total. The fraction of sp³-hybridized carbons (Fsp3) is 0.471. The highest BCUT2D eigenvalue weighted by atomic mass is 16.1. The molecule has 0 fully saturated rings. The summed E-state index contributed by atoms with van der Waals surface area (Å²) >= 11 is 0. The van der Waals surface area contributed by atoms with E-state index in [4.69, 9.17) is 0 Å². The molecule has 1 heterocycles. The van der Waals surface area contributed by atoms with Gasteiger partial charge in [-0.15, -0.1) is 5.10 Å². The minimum atomic E-state index is 0.296. The Kier molecular flexibility index (Phi) is 4.89. The first-order chi connectivity index (χ1) is 10.1. The van der Waals surface area contributed by atoms with Crippen LogP contribution in [0.25, 0.3) is 5.69 Å². The third-order valence-electron chi connectivity index (χ3n) is 4.02. The molecule has 0 atom stereocenters. The lowest BCUT2D eigenvalue weighted by Crippen LogP contribution is -2.09. The molecule has 0 bridgehead atoms. The zero-order valence-corrected chi connectivity index (χ0v) is 13.2. The molecular weight excluding hydrogens is 262 g/mol. The van der Waals surface area contributed by atoms with Gasteiger partial charge in [-0.05, 0) is 36.5 Å². The van der Waals surface area contributed by atoms with Crippen LogP contribution in [0.5, 0.6) is 0 Å². The van der Waals surface area contributed by atoms with Gasteiger partial charge in [0, 0.05) is 5.92 Å². The highest BCUT2D eigenvalue weighted by Crippen LogP contribution is 2.27. The van der Waals surface area contributed by atoms with E-state index in [9.17, 15) is 4.79 Å². The number of aldehydes is 1. The van der Waals surface area contributed by atoms with Crippen LogP contribution in [0.4, 0.5) is 0 Å². The van der Waals surface area contributed by atoms with Crippen molar-refractivity contribution in [3.63, 3.8) is 0 Å². The monoisotopic (exact) mass is 285 g/mol. The van der Waals surface area contributed by atoms with Crippen molar-refractivity contribution in [2.24, 2.45) is 0 Å². The molecule has 0 radical (unpaired) electrons. The minimum absolute atomic E-state index is 0.296. The second kappa shape index (κ2) is 6.66. The van der Waals surface area contributed by atoms with Gasteiger partial charge < -0.3 is 0 Å². The lowest BCUT2D eigenvalue weighted by Gasteiger charge is -2.15. The van der Waals surface area contributed by atoms with Crippen LogP contribution in [0.15, 0.2) is 24.3 Å². The van der Waals surface area contributed by atoms with Gasteiger partial charge in [-0.2, -0.15) is 0 Å². The summed E-state index contributed by atoms with van der Waals surface area (Å²) in [4.78, 5) is 11.2. The summed E-state index contributed by atoms with van der Waals surface area (Å²) < 4.78 is 1.81. The van der Waals surface area contributed by atoms with E-state index < -0.39 is 0 Å². The summed E-state index contributed by atoms with van der Waals surface area (Å²) in [5.74, 6) is 0.795. The van der Waals surface area contributed by atoms with Crippen LogP contribution in [0, 0.1) is 0 Å². The summed E-state index contributed by atoms with van der Waals surface area (Å²) in [5, 5.41) is 8.21. The number of aromatic nitrogens is 3. The Morgan fingerprint density at radius 1 is 1.14 bits per heavy atom. The van der Waals surface area contributed by atoms with Gasteiger partial charge in [0.05, 0.1) is 11.4 Å². The minimum Gasteiger partial charge on any atom is -0.296 e. The number of carbonyl (C=O) groups is 1. The first-order valence-corrected chi connectivity index (χ1v) is 7.63. The van der Waals surface area contributed by atoms with Crippen LogP contribution in [0.1, 0.15) is 74.1 Å². The van der Waals surface area contributed by atoms with Gasteiger partial charge in [0.1, 0.15) is 5.69 Å². The van der Waals surface area contributed by atoms with Gasteiger partial charge in [-0.25, -0.2) is 4.68 Å². The smallest absolute Gasteiger partial charge is 0.172 e. The second-order valence-electron chi connectivity index (χ2n) is 5.65. The zero-order chi connectivity index (χ0) is 15.4. The van der Waals surface area contributed by atoms with Crippen molar-refractivity contribution >= 4 is 6.29 Å². The molecule has 0 saturated carbocycles. The van der Waals surface area contributed by atoms with Gasteiger partial charge in [0.15, 0.2) is 6.29 Å². The molecule has 2 aromatic rings. The zero-order valence-electron chi connectivity index (χ0n) is 13.2. The van der Waals surface area contributed by atoms with E-state index in [-0.39, 0.29) is 0 Å². The molecule has 1 aromatic carbocycles. The summed E-state index contributed by atoms with van der Waals surface area (Å²) in [6.07, 6.45) is 2.74. The Morgan fingerprint density at radius 3 is 2.24 bits per heavy atom. The average Bonchev–Trinajstić information content (AvgIpc) is 2.92. The van der Waals surface area contributed by atoms with E-state index in [1.165, 1.54) is 5.56 Å². The molecular formula is C17H23N3O. The van der Waals surface area contributed by atoms with Gasteiger partial charge in [-0.1, -0.05) is 45.0 Å². The molecule has 4 heteroatoms. The van der Waals surface area contributed by atoms with E-state index in [0.29, 0.717) is 17.5 Å². The molecule has 1 aromatic heterocycles.